The molecule has 144 valence electrons. The van der Waals surface area contributed by atoms with E-state index in [-0.39, 0.29) is 6.61 Å². The largest absolute Gasteiger partial charge is 0.399 e. The number of hydrogen-bond acceptors (Lipinski definition) is 6. The molecule has 3 N–H and O–H groups in total. The lowest BCUT2D eigenvalue weighted by Crippen LogP contribution is -2.37. The Balaban J connectivity index is 1.89. The Morgan fingerprint density at radius 3 is 2.54 bits per heavy atom. The van der Waals surface area contributed by atoms with Gasteiger partial charge in [-0.1, -0.05) is 30.3 Å². The van der Waals surface area contributed by atoms with Gasteiger partial charge in [-0.25, -0.2) is 9.97 Å². The number of rotatable bonds is 4. The Morgan fingerprint density at radius 2 is 1.79 bits per heavy atom. The molecule has 28 heavy (non-hydrogen) atoms. The van der Waals surface area contributed by atoms with Crippen LogP contribution in [0, 0.1) is 6.92 Å². The fourth-order valence-corrected chi connectivity index (χ4v) is 3.49. The van der Waals surface area contributed by atoms with Gasteiger partial charge < -0.3 is 20.5 Å². The Morgan fingerprint density at radius 1 is 1.04 bits per heavy atom. The summed E-state index contributed by atoms with van der Waals surface area (Å²) in [6.45, 7) is 5.01. The van der Waals surface area contributed by atoms with Crippen LogP contribution in [-0.4, -0.2) is 41.4 Å². The zero-order chi connectivity index (χ0) is 19.5. The predicted molar refractivity (Wildman–Crippen MR) is 111 cm³/mol. The molecule has 3 aromatic rings. The fourth-order valence-electron chi connectivity index (χ4n) is 3.49. The highest BCUT2D eigenvalue weighted by atomic mass is 16.5. The third-order valence-electron chi connectivity index (χ3n) is 4.96. The van der Waals surface area contributed by atoms with Gasteiger partial charge in [-0.3, -0.25) is 0 Å². The van der Waals surface area contributed by atoms with Crippen LogP contribution in [0.5, 0.6) is 0 Å². The molecule has 4 rings (SSSR count). The predicted octanol–water partition coefficient (Wildman–Crippen LogP) is 3.03. The summed E-state index contributed by atoms with van der Waals surface area (Å²) in [5.74, 6) is 1.56. The average molecular weight is 376 g/mol. The summed E-state index contributed by atoms with van der Waals surface area (Å²) in [5, 5.41) is 9.53. The third kappa shape index (κ3) is 3.69. The van der Waals surface area contributed by atoms with Gasteiger partial charge in [-0.15, -0.1) is 0 Å². The molecular formula is C22H24N4O2. The second-order valence-electron chi connectivity index (χ2n) is 6.93. The molecular weight excluding hydrogens is 352 g/mol. The van der Waals surface area contributed by atoms with E-state index in [0.717, 1.165) is 46.9 Å². The number of anilines is 2. The molecule has 2 heterocycles. The number of aliphatic hydroxyl groups is 1. The Bertz CT molecular complexity index is 984. The van der Waals surface area contributed by atoms with Gasteiger partial charge in [0.05, 0.1) is 25.5 Å². The molecule has 0 bridgehead atoms. The zero-order valence-electron chi connectivity index (χ0n) is 15.9. The minimum atomic E-state index is -0.00360. The van der Waals surface area contributed by atoms with Crippen LogP contribution in [0.4, 0.5) is 11.5 Å². The molecule has 1 aliphatic rings. The first-order valence-electron chi connectivity index (χ1n) is 9.43. The van der Waals surface area contributed by atoms with Gasteiger partial charge in [0.1, 0.15) is 5.82 Å². The van der Waals surface area contributed by atoms with Crippen LogP contribution in [0.3, 0.4) is 0 Å². The van der Waals surface area contributed by atoms with Crippen molar-refractivity contribution in [3.05, 3.63) is 59.7 Å². The van der Waals surface area contributed by atoms with E-state index in [1.54, 1.807) is 0 Å². The monoisotopic (exact) mass is 376 g/mol. The number of aromatic nitrogens is 2. The minimum absolute atomic E-state index is 0.00360. The molecule has 6 heteroatoms. The van der Waals surface area contributed by atoms with E-state index < -0.39 is 0 Å². The lowest BCUT2D eigenvalue weighted by Gasteiger charge is -2.30. The lowest BCUT2D eigenvalue weighted by atomic mass is 10.0. The second-order valence-corrected chi connectivity index (χ2v) is 6.93. The number of aliphatic hydroxyl groups excluding tert-OH is 1. The van der Waals surface area contributed by atoms with Crippen LogP contribution in [0.15, 0.2) is 48.5 Å². The molecule has 6 nitrogen and oxygen atoms in total. The van der Waals surface area contributed by atoms with Crippen LogP contribution < -0.4 is 10.6 Å². The first kappa shape index (κ1) is 18.4. The van der Waals surface area contributed by atoms with Crippen molar-refractivity contribution in [1.29, 1.82) is 0 Å². The third-order valence-corrected chi connectivity index (χ3v) is 4.96. The molecule has 0 radical (unpaired) electrons. The average Bonchev–Trinajstić information content (AvgIpc) is 2.74. The van der Waals surface area contributed by atoms with E-state index in [9.17, 15) is 5.11 Å². The highest BCUT2D eigenvalue weighted by Crippen LogP contribution is 2.32. The number of nitrogens with zero attached hydrogens (tertiary/aromatic N) is 3. The van der Waals surface area contributed by atoms with Crippen LogP contribution in [0.25, 0.3) is 22.6 Å². The van der Waals surface area contributed by atoms with Crippen molar-refractivity contribution >= 4 is 11.5 Å². The van der Waals surface area contributed by atoms with E-state index >= 15 is 0 Å². The quantitative estimate of drug-likeness (QED) is 0.681. The molecule has 2 aromatic carbocycles. The molecule has 0 unspecified atom stereocenters. The number of nitrogen functional groups attached to an aromatic ring is 1. The molecule has 1 fully saturated rings. The summed E-state index contributed by atoms with van der Waals surface area (Å²) in [6.07, 6.45) is 0. The van der Waals surface area contributed by atoms with Crippen molar-refractivity contribution < 1.29 is 9.84 Å². The van der Waals surface area contributed by atoms with Crippen molar-refractivity contribution in [3.63, 3.8) is 0 Å². The fraction of sp³-hybridized carbons (Fsp3) is 0.273. The maximum atomic E-state index is 9.53. The Labute approximate surface area is 164 Å². The number of benzene rings is 2. The molecule has 0 atom stereocenters. The summed E-state index contributed by atoms with van der Waals surface area (Å²) in [5.41, 5.74) is 11.2. The maximum Gasteiger partial charge on any atom is 0.162 e. The topological polar surface area (TPSA) is 84.5 Å². The normalized spacial score (nSPS) is 14.3. The Kier molecular flexibility index (Phi) is 5.23. The molecule has 1 aromatic heterocycles. The molecule has 0 amide bonds. The number of hydrogen-bond donors (Lipinski definition) is 2. The van der Waals surface area contributed by atoms with Crippen LogP contribution in [-0.2, 0) is 11.3 Å². The van der Waals surface area contributed by atoms with Gasteiger partial charge in [0, 0.05) is 35.5 Å². The molecule has 0 aliphatic carbocycles. The summed E-state index contributed by atoms with van der Waals surface area (Å²) in [4.78, 5) is 12.0. The standard InChI is InChI=1S/C22H24N4O2/c1-15-20(17-5-2-4-16(12-17)14-27)24-21(18-6-3-7-19(23)13-18)25-22(15)26-8-10-28-11-9-26/h2-7,12-13,27H,8-11,14,23H2,1H3. The molecule has 1 aliphatic heterocycles. The Hall–Kier alpha value is -2.96. The molecule has 0 spiro atoms. The molecule has 1 saturated heterocycles. The molecule has 0 saturated carbocycles. The lowest BCUT2D eigenvalue weighted by molar-refractivity contribution is 0.122. The van der Waals surface area contributed by atoms with Gasteiger partial charge in [-0.05, 0) is 30.7 Å². The first-order chi connectivity index (χ1) is 13.7. The van der Waals surface area contributed by atoms with Crippen molar-refractivity contribution in [2.75, 3.05) is 36.9 Å². The maximum absolute atomic E-state index is 9.53. The number of morpholine rings is 1. The summed E-state index contributed by atoms with van der Waals surface area (Å²) >= 11 is 0. The van der Waals surface area contributed by atoms with E-state index in [1.165, 1.54) is 0 Å². The number of ether oxygens (including phenoxy) is 1. The van der Waals surface area contributed by atoms with Crippen LogP contribution >= 0.6 is 0 Å². The smallest absolute Gasteiger partial charge is 0.162 e. The minimum Gasteiger partial charge on any atom is -0.399 e. The van der Waals surface area contributed by atoms with Crippen molar-refractivity contribution in [1.82, 2.24) is 9.97 Å². The van der Waals surface area contributed by atoms with Gasteiger partial charge >= 0.3 is 0 Å². The van der Waals surface area contributed by atoms with Crippen molar-refractivity contribution in [2.45, 2.75) is 13.5 Å². The van der Waals surface area contributed by atoms with Crippen molar-refractivity contribution in [3.8, 4) is 22.6 Å². The van der Waals surface area contributed by atoms with Gasteiger partial charge in [-0.2, -0.15) is 0 Å². The highest BCUT2D eigenvalue weighted by molar-refractivity contribution is 5.73. The van der Waals surface area contributed by atoms with Gasteiger partial charge in [0.2, 0.25) is 0 Å². The summed E-state index contributed by atoms with van der Waals surface area (Å²) < 4.78 is 5.51. The van der Waals surface area contributed by atoms with E-state index in [0.29, 0.717) is 24.7 Å². The highest BCUT2D eigenvalue weighted by Gasteiger charge is 2.20. The second kappa shape index (κ2) is 7.96. The van der Waals surface area contributed by atoms with Crippen LogP contribution in [0.1, 0.15) is 11.1 Å². The van der Waals surface area contributed by atoms with E-state index in [1.807, 2.05) is 48.5 Å². The van der Waals surface area contributed by atoms with Crippen LogP contribution in [0.2, 0.25) is 0 Å². The van der Waals surface area contributed by atoms with E-state index in [4.69, 9.17) is 20.4 Å². The van der Waals surface area contributed by atoms with Crippen molar-refractivity contribution in [2.24, 2.45) is 0 Å². The summed E-state index contributed by atoms with van der Waals surface area (Å²) in [6, 6.07) is 15.5. The number of nitrogens with two attached hydrogens (primary N) is 1. The van der Waals surface area contributed by atoms with E-state index in [2.05, 4.69) is 11.8 Å². The first-order valence-corrected chi connectivity index (χ1v) is 9.43. The zero-order valence-corrected chi connectivity index (χ0v) is 15.9. The van der Waals surface area contributed by atoms with Gasteiger partial charge in [0.25, 0.3) is 0 Å². The summed E-state index contributed by atoms with van der Waals surface area (Å²) in [7, 11) is 0. The van der Waals surface area contributed by atoms with Gasteiger partial charge in [0.15, 0.2) is 5.82 Å². The SMILES string of the molecule is Cc1c(-c2cccc(CO)c2)nc(-c2cccc(N)c2)nc1N1CCOCC1.